The minimum Gasteiger partial charge on any atom is -0.487 e. The normalized spacial score (nSPS) is 10.0. The third kappa shape index (κ3) is 3.46. The fourth-order valence-corrected chi connectivity index (χ4v) is 2.06. The monoisotopic (exact) mass is 339 g/mol. The minimum atomic E-state index is -0.376. The molecule has 2 aromatic carbocycles. The highest BCUT2D eigenvalue weighted by molar-refractivity contribution is 9.10. The summed E-state index contributed by atoms with van der Waals surface area (Å²) in [6.45, 7) is 0.104. The van der Waals surface area contributed by atoms with Crippen molar-refractivity contribution in [3.63, 3.8) is 0 Å². The van der Waals surface area contributed by atoms with Crippen LogP contribution in [0.1, 0.15) is 11.1 Å². The van der Waals surface area contributed by atoms with E-state index in [1.54, 1.807) is 18.2 Å². The third-order valence-corrected chi connectivity index (χ3v) is 3.31. The number of halogens is 3. The quantitative estimate of drug-likeness (QED) is 0.812. The van der Waals surface area contributed by atoms with Gasteiger partial charge in [-0.3, -0.25) is 0 Å². The smallest absolute Gasteiger partial charge is 0.137 e. The van der Waals surface area contributed by atoms with Crippen LogP contribution in [0, 0.1) is 17.1 Å². The molecule has 0 aliphatic rings. The van der Waals surface area contributed by atoms with Gasteiger partial charge in [-0.2, -0.15) is 5.26 Å². The highest BCUT2D eigenvalue weighted by atomic mass is 79.9. The van der Waals surface area contributed by atoms with Gasteiger partial charge in [-0.25, -0.2) is 4.39 Å². The first-order valence-corrected chi connectivity index (χ1v) is 6.53. The molecule has 0 amide bonds. The Morgan fingerprint density at radius 1 is 1.26 bits per heavy atom. The summed E-state index contributed by atoms with van der Waals surface area (Å²) in [7, 11) is 0. The van der Waals surface area contributed by atoms with Crippen molar-refractivity contribution in [2.75, 3.05) is 0 Å². The van der Waals surface area contributed by atoms with Crippen molar-refractivity contribution >= 4 is 27.5 Å². The lowest BCUT2D eigenvalue weighted by Gasteiger charge is -2.09. The van der Waals surface area contributed by atoms with Crippen LogP contribution < -0.4 is 4.74 Å². The van der Waals surface area contributed by atoms with E-state index >= 15 is 0 Å². The molecule has 2 rings (SSSR count). The Bertz CT molecular complexity index is 654. The maximum atomic E-state index is 13.1. The molecule has 0 aliphatic heterocycles. The van der Waals surface area contributed by atoms with Gasteiger partial charge in [0.1, 0.15) is 24.2 Å². The number of ether oxygens (including phenoxy) is 1. The van der Waals surface area contributed by atoms with E-state index in [0.29, 0.717) is 21.9 Å². The maximum absolute atomic E-state index is 13.1. The van der Waals surface area contributed by atoms with Crippen molar-refractivity contribution in [1.29, 1.82) is 5.26 Å². The Balaban J connectivity index is 2.19. The molecule has 0 spiro atoms. The lowest BCUT2D eigenvalue weighted by Crippen LogP contribution is -1.98. The second-order valence-corrected chi connectivity index (χ2v) is 5.10. The van der Waals surface area contributed by atoms with E-state index in [-0.39, 0.29) is 12.4 Å². The molecule has 0 aromatic heterocycles. The standard InChI is InChI=1S/C14H8BrClFNO/c15-11-1-4-14(9(5-11)7-18)19-8-10-6-12(17)2-3-13(10)16/h1-6H,8H2. The maximum Gasteiger partial charge on any atom is 0.137 e. The van der Waals surface area contributed by atoms with Gasteiger partial charge >= 0.3 is 0 Å². The Kier molecular flexibility index (Phi) is 4.41. The Hall–Kier alpha value is -1.57. The van der Waals surface area contributed by atoms with Crippen LogP contribution in [0.15, 0.2) is 40.9 Å². The highest BCUT2D eigenvalue weighted by Crippen LogP contribution is 2.25. The first kappa shape index (κ1) is 13.9. The summed E-state index contributed by atoms with van der Waals surface area (Å²) >= 11 is 9.22. The van der Waals surface area contributed by atoms with Crippen LogP contribution in [0.5, 0.6) is 5.75 Å². The summed E-state index contributed by atoms with van der Waals surface area (Å²) in [6.07, 6.45) is 0. The molecule has 0 aliphatic carbocycles. The van der Waals surface area contributed by atoms with Crippen LogP contribution in [0.3, 0.4) is 0 Å². The zero-order chi connectivity index (χ0) is 13.8. The zero-order valence-electron chi connectivity index (χ0n) is 9.66. The van der Waals surface area contributed by atoms with Gasteiger partial charge in [0.05, 0.1) is 5.56 Å². The summed E-state index contributed by atoms with van der Waals surface area (Å²) in [4.78, 5) is 0. The van der Waals surface area contributed by atoms with E-state index in [2.05, 4.69) is 15.9 Å². The van der Waals surface area contributed by atoms with Gasteiger partial charge in [-0.15, -0.1) is 0 Å². The lowest BCUT2D eigenvalue weighted by molar-refractivity contribution is 0.304. The summed E-state index contributed by atoms with van der Waals surface area (Å²) in [5, 5.41) is 9.43. The molecule has 0 bridgehead atoms. The number of hydrogen-bond acceptors (Lipinski definition) is 2. The van der Waals surface area contributed by atoms with E-state index in [1.165, 1.54) is 18.2 Å². The molecule has 0 unspecified atom stereocenters. The summed E-state index contributed by atoms with van der Waals surface area (Å²) in [5.74, 6) is 0.0605. The van der Waals surface area contributed by atoms with E-state index in [4.69, 9.17) is 21.6 Å². The molecule has 5 heteroatoms. The van der Waals surface area contributed by atoms with Crippen molar-refractivity contribution in [2.24, 2.45) is 0 Å². The van der Waals surface area contributed by atoms with Crippen LogP contribution in [0.2, 0.25) is 5.02 Å². The first-order chi connectivity index (χ1) is 9.10. The average Bonchev–Trinajstić information content (AvgIpc) is 2.40. The van der Waals surface area contributed by atoms with E-state index < -0.39 is 0 Å². The summed E-state index contributed by atoms with van der Waals surface area (Å²) in [6, 6.07) is 11.2. The third-order valence-electron chi connectivity index (χ3n) is 2.45. The molecule has 0 fully saturated rings. The van der Waals surface area contributed by atoms with Crippen LogP contribution in [0.25, 0.3) is 0 Å². The molecule has 0 saturated carbocycles. The topological polar surface area (TPSA) is 33.0 Å². The molecule has 0 heterocycles. The fourth-order valence-electron chi connectivity index (χ4n) is 1.52. The Labute approximate surface area is 123 Å². The van der Waals surface area contributed by atoms with Gasteiger partial charge in [0.15, 0.2) is 0 Å². The predicted molar refractivity (Wildman–Crippen MR) is 74.6 cm³/mol. The molecular weight excluding hydrogens is 333 g/mol. The lowest BCUT2D eigenvalue weighted by atomic mass is 10.2. The Morgan fingerprint density at radius 2 is 2.05 bits per heavy atom. The number of nitriles is 1. The number of benzene rings is 2. The SMILES string of the molecule is N#Cc1cc(Br)ccc1OCc1cc(F)ccc1Cl. The van der Waals surface area contributed by atoms with Gasteiger partial charge in [0, 0.05) is 15.1 Å². The van der Waals surface area contributed by atoms with E-state index in [9.17, 15) is 4.39 Å². The molecule has 96 valence electrons. The predicted octanol–water partition coefficient (Wildman–Crippen LogP) is 4.69. The molecule has 0 N–H and O–H groups in total. The summed E-state index contributed by atoms with van der Waals surface area (Å²) in [5.41, 5.74) is 0.940. The van der Waals surface area contributed by atoms with Gasteiger partial charge in [-0.05, 0) is 36.4 Å². The molecule has 2 aromatic rings. The molecule has 2 nitrogen and oxygen atoms in total. The largest absolute Gasteiger partial charge is 0.487 e. The molecule has 19 heavy (non-hydrogen) atoms. The van der Waals surface area contributed by atoms with Crippen molar-refractivity contribution in [1.82, 2.24) is 0 Å². The molecular formula is C14H8BrClFNO. The van der Waals surface area contributed by atoms with Gasteiger partial charge < -0.3 is 4.74 Å². The van der Waals surface area contributed by atoms with Crippen molar-refractivity contribution in [3.05, 3.63) is 62.8 Å². The zero-order valence-corrected chi connectivity index (χ0v) is 12.0. The minimum absolute atomic E-state index is 0.104. The second-order valence-electron chi connectivity index (χ2n) is 3.78. The average molecular weight is 341 g/mol. The summed E-state index contributed by atoms with van der Waals surface area (Å²) < 4.78 is 19.4. The highest BCUT2D eigenvalue weighted by Gasteiger charge is 2.07. The van der Waals surface area contributed by atoms with Crippen molar-refractivity contribution in [2.45, 2.75) is 6.61 Å². The van der Waals surface area contributed by atoms with E-state index in [0.717, 1.165) is 4.47 Å². The van der Waals surface area contributed by atoms with Crippen molar-refractivity contribution < 1.29 is 9.13 Å². The fraction of sp³-hybridized carbons (Fsp3) is 0.0714. The first-order valence-electron chi connectivity index (χ1n) is 5.36. The Morgan fingerprint density at radius 3 is 2.79 bits per heavy atom. The molecule has 0 saturated heterocycles. The molecule has 0 atom stereocenters. The van der Waals surface area contributed by atoms with Crippen LogP contribution >= 0.6 is 27.5 Å². The van der Waals surface area contributed by atoms with E-state index in [1.807, 2.05) is 6.07 Å². The van der Waals surface area contributed by atoms with Crippen molar-refractivity contribution in [3.8, 4) is 11.8 Å². The second kappa shape index (κ2) is 6.05. The van der Waals surface area contributed by atoms with Gasteiger partial charge in [0.25, 0.3) is 0 Å². The van der Waals surface area contributed by atoms with Crippen LogP contribution in [-0.2, 0) is 6.61 Å². The number of rotatable bonds is 3. The molecule has 0 radical (unpaired) electrons. The number of hydrogen-bond donors (Lipinski definition) is 0. The number of nitrogens with zero attached hydrogens (tertiary/aromatic N) is 1. The van der Waals surface area contributed by atoms with Crippen LogP contribution in [-0.4, -0.2) is 0 Å². The van der Waals surface area contributed by atoms with Crippen LogP contribution in [0.4, 0.5) is 4.39 Å². The van der Waals surface area contributed by atoms with Gasteiger partial charge in [-0.1, -0.05) is 27.5 Å². The van der Waals surface area contributed by atoms with Gasteiger partial charge in [0.2, 0.25) is 0 Å².